The predicted octanol–water partition coefficient (Wildman–Crippen LogP) is 2.86. The summed E-state index contributed by atoms with van der Waals surface area (Å²) in [6.45, 7) is 3.13. The molecule has 1 saturated heterocycles. The van der Waals surface area contributed by atoms with Crippen molar-refractivity contribution in [2.45, 2.75) is 25.5 Å². The van der Waals surface area contributed by atoms with Crippen LogP contribution in [0.4, 0.5) is 0 Å². The van der Waals surface area contributed by atoms with Crippen molar-refractivity contribution in [3.63, 3.8) is 0 Å². The van der Waals surface area contributed by atoms with Gasteiger partial charge in [0.2, 0.25) is 12.5 Å². The molecule has 1 fully saturated rings. The standard InChI is InChI=1S/C19H22N2O4/c1-22-17-9-14(10-18-19(17)24-13-23-18)12-21-7-4-15(5-8-21)25-16-3-2-6-20-11-16/h2-3,6,9-11,15H,4-5,7-8,12-13H2,1H3. The third-order valence-corrected chi connectivity index (χ3v) is 4.60. The molecular weight excluding hydrogens is 320 g/mol. The molecule has 1 aromatic heterocycles. The molecule has 0 amide bonds. The topological polar surface area (TPSA) is 53.1 Å². The number of likely N-dealkylation sites (tertiary alicyclic amines) is 1. The monoisotopic (exact) mass is 342 g/mol. The minimum atomic E-state index is 0.256. The van der Waals surface area contributed by atoms with Crippen LogP contribution in [0.2, 0.25) is 0 Å². The predicted molar refractivity (Wildman–Crippen MR) is 92.3 cm³/mol. The minimum Gasteiger partial charge on any atom is -0.493 e. The van der Waals surface area contributed by atoms with E-state index in [1.165, 1.54) is 5.56 Å². The summed E-state index contributed by atoms with van der Waals surface area (Å²) in [6.07, 6.45) is 5.81. The summed E-state index contributed by atoms with van der Waals surface area (Å²) in [5.41, 5.74) is 1.17. The van der Waals surface area contributed by atoms with Crippen LogP contribution in [0.3, 0.4) is 0 Å². The van der Waals surface area contributed by atoms with Gasteiger partial charge in [0, 0.05) is 25.8 Å². The third-order valence-electron chi connectivity index (χ3n) is 4.60. The number of rotatable bonds is 5. The minimum absolute atomic E-state index is 0.256. The van der Waals surface area contributed by atoms with Gasteiger partial charge in [-0.05, 0) is 42.7 Å². The molecule has 25 heavy (non-hydrogen) atoms. The van der Waals surface area contributed by atoms with Gasteiger partial charge < -0.3 is 18.9 Å². The summed E-state index contributed by atoms with van der Waals surface area (Å²) in [4.78, 5) is 6.53. The Bertz CT molecular complexity index is 715. The van der Waals surface area contributed by atoms with Crippen molar-refractivity contribution in [1.82, 2.24) is 9.88 Å². The average molecular weight is 342 g/mol. The van der Waals surface area contributed by atoms with Crippen LogP contribution in [-0.2, 0) is 6.54 Å². The Kier molecular flexibility index (Phi) is 4.61. The lowest BCUT2D eigenvalue weighted by Crippen LogP contribution is -2.37. The molecule has 0 N–H and O–H groups in total. The Morgan fingerprint density at radius 2 is 2.12 bits per heavy atom. The van der Waals surface area contributed by atoms with Gasteiger partial charge in [0.15, 0.2) is 11.5 Å². The molecule has 2 aliphatic heterocycles. The number of fused-ring (bicyclic) bond motifs is 1. The van der Waals surface area contributed by atoms with Crippen molar-refractivity contribution in [3.05, 3.63) is 42.2 Å². The fourth-order valence-corrected chi connectivity index (χ4v) is 3.33. The Balaban J connectivity index is 1.34. The molecule has 132 valence electrons. The van der Waals surface area contributed by atoms with E-state index in [1.807, 2.05) is 24.3 Å². The molecule has 0 radical (unpaired) electrons. The summed E-state index contributed by atoms with van der Waals surface area (Å²) in [7, 11) is 1.66. The highest BCUT2D eigenvalue weighted by Gasteiger charge is 2.23. The van der Waals surface area contributed by atoms with E-state index < -0.39 is 0 Å². The number of pyridine rings is 1. The van der Waals surface area contributed by atoms with Gasteiger partial charge in [-0.1, -0.05) is 0 Å². The van der Waals surface area contributed by atoms with Crippen molar-refractivity contribution in [3.8, 4) is 23.0 Å². The fourth-order valence-electron chi connectivity index (χ4n) is 3.33. The molecule has 0 bridgehead atoms. The zero-order chi connectivity index (χ0) is 17.1. The molecule has 2 aliphatic rings. The lowest BCUT2D eigenvalue weighted by Gasteiger charge is -2.32. The van der Waals surface area contributed by atoms with Gasteiger partial charge in [-0.3, -0.25) is 9.88 Å². The molecule has 3 heterocycles. The largest absolute Gasteiger partial charge is 0.493 e. The Labute approximate surface area is 147 Å². The number of methoxy groups -OCH3 is 1. The quantitative estimate of drug-likeness (QED) is 0.833. The van der Waals surface area contributed by atoms with Gasteiger partial charge in [-0.2, -0.15) is 0 Å². The number of piperidine rings is 1. The first-order chi connectivity index (χ1) is 12.3. The summed E-state index contributed by atoms with van der Waals surface area (Å²) in [5, 5.41) is 0. The Morgan fingerprint density at radius 3 is 2.88 bits per heavy atom. The van der Waals surface area contributed by atoms with Gasteiger partial charge in [-0.25, -0.2) is 0 Å². The van der Waals surface area contributed by atoms with Gasteiger partial charge in [0.25, 0.3) is 0 Å². The summed E-state index contributed by atoms with van der Waals surface area (Å²) in [5.74, 6) is 3.06. The highest BCUT2D eigenvalue weighted by atomic mass is 16.7. The number of hydrogen-bond donors (Lipinski definition) is 0. The number of ether oxygens (including phenoxy) is 4. The van der Waals surface area contributed by atoms with Crippen LogP contribution >= 0.6 is 0 Å². The molecule has 2 aromatic rings. The van der Waals surface area contributed by atoms with Crippen molar-refractivity contribution in [2.75, 3.05) is 27.0 Å². The second kappa shape index (κ2) is 7.19. The molecule has 0 unspecified atom stereocenters. The van der Waals surface area contributed by atoms with E-state index in [1.54, 1.807) is 19.5 Å². The lowest BCUT2D eigenvalue weighted by molar-refractivity contribution is 0.0964. The molecule has 0 saturated carbocycles. The molecule has 6 nitrogen and oxygen atoms in total. The van der Waals surface area contributed by atoms with Gasteiger partial charge in [-0.15, -0.1) is 0 Å². The van der Waals surface area contributed by atoms with E-state index >= 15 is 0 Å². The van der Waals surface area contributed by atoms with Gasteiger partial charge in [0.05, 0.1) is 13.3 Å². The molecule has 4 rings (SSSR count). The molecule has 6 heteroatoms. The fraction of sp³-hybridized carbons (Fsp3) is 0.421. The second-order valence-electron chi connectivity index (χ2n) is 6.31. The van der Waals surface area contributed by atoms with Crippen LogP contribution in [0.1, 0.15) is 18.4 Å². The van der Waals surface area contributed by atoms with E-state index in [2.05, 4.69) is 9.88 Å². The van der Waals surface area contributed by atoms with Crippen molar-refractivity contribution < 1.29 is 18.9 Å². The Hall–Kier alpha value is -2.47. The maximum absolute atomic E-state index is 6.01. The Morgan fingerprint density at radius 1 is 1.24 bits per heavy atom. The van der Waals surface area contributed by atoms with Crippen LogP contribution in [-0.4, -0.2) is 43.0 Å². The van der Waals surface area contributed by atoms with Crippen molar-refractivity contribution in [2.24, 2.45) is 0 Å². The zero-order valence-corrected chi connectivity index (χ0v) is 14.3. The van der Waals surface area contributed by atoms with E-state index in [0.29, 0.717) is 5.75 Å². The highest BCUT2D eigenvalue weighted by molar-refractivity contribution is 5.55. The SMILES string of the molecule is COc1cc(CN2CCC(Oc3cccnc3)CC2)cc2c1OCO2. The molecular formula is C19H22N2O4. The van der Waals surface area contributed by atoms with Crippen LogP contribution in [0.25, 0.3) is 0 Å². The average Bonchev–Trinajstić information content (AvgIpc) is 3.12. The van der Waals surface area contributed by atoms with Crippen LogP contribution in [0, 0.1) is 0 Å². The van der Waals surface area contributed by atoms with Gasteiger partial charge in [0.1, 0.15) is 11.9 Å². The summed E-state index contributed by atoms with van der Waals surface area (Å²) in [6, 6.07) is 7.94. The van der Waals surface area contributed by atoms with Gasteiger partial charge >= 0.3 is 0 Å². The molecule has 0 atom stereocenters. The maximum atomic E-state index is 6.01. The van der Waals surface area contributed by atoms with Crippen LogP contribution in [0.15, 0.2) is 36.7 Å². The van der Waals surface area contributed by atoms with E-state index in [9.17, 15) is 0 Å². The summed E-state index contributed by atoms with van der Waals surface area (Å²) >= 11 is 0. The molecule has 1 aromatic carbocycles. The number of aromatic nitrogens is 1. The first-order valence-electron chi connectivity index (χ1n) is 8.57. The lowest BCUT2D eigenvalue weighted by atomic mass is 10.1. The van der Waals surface area contributed by atoms with E-state index in [-0.39, 0.29) is 12.9 Å². The van der Waals surface area contributed by atoms with Crippen molar-refractivity contribution >= 4 is 0 Å². The number of benzene rings is 1. The normalized spacial score (nSPS) is 17.5. The highest BCUT2D eigenvalue weighted by Crippen LogP contribution is 2.42. The number of nitrogens with zero attached hydrogens (tertiary/aromatic N) is 2. The summed E-state index contributed by atoms with van der Waals surface area (Å²) < 4.78 is 22.4. The van der Waals surface area contributed by atoms with Crippen LogP contribution in [0.5, 0.6) is 23.0 Å². The first-order valence-corrected chi connectivity index (χ1v) is 8.57. The van der Waals surface area contributed by atoms with Crippen molar-refractivity contribution in [1.29, 1.82) is 0 Å². The van der Waals surface area contributed by atoms with E-state index in [0.717, 1.165) is 49.7 Å². The zero-order valence-electron chi connectivity index (χ0n) is 14.3. The van der Waals surface area contributed by atoms with E-state index in [4.69, 9.17) is 18.9 Å². The van der Waals surface area contributed by atoms with Crippen LogP contribution < -0.4 is 18.9 Å². The maximum Gasteiger partial charge on any atom is 0.231 e. The smallest absolute Gasteiger partial charge is 0.231 e. The molecule has 0 aliphatic carbocycles. The molecule has 0 spiro atoms. The number of hydrogen-bond acceptors (Lipinski definition) is 6. The third kappa shape index (κ3) is 3.64. The first kappa shape index (κ1) is 16.0. The second-order valence-corrected chi connectivity index (χ2v) is 6.31.